The molecule has 0 rings (SSSR count). The maximum absolute atomic E-state index is 11.4. The topological polar surface area (TPSA) is 75.6 Å². The van der Waals surface area contributed by atoms with Crippen molar-refractivity contribution in [1.29, 1.82) is 0 Å². The van der Waals surface area contributed by atoms with Crippen LogP contribution in [0.5, 0.6) is 0 Å². The van der Waals surface area contributed by atoms with Crippen LogP contribution in [0.1, 0.15) is 33.1 Å². The molecule has 0 spiro atoms. The Labute approximate surface area is 96.2 Å². The van der Waals surface area contributed by atoms with Crippen molar-refractivity contribution < 1.29 is 19.4 Å². The second-order valence-corrected chi connectivity index (χ2v) is 3.74. The van der Waals surface area contributed by atoms with Crippen molar-refractivity contribution in [2.24, 2.45) is 5.92 Å². The van der Waals surface area contributed by atoms with E-state index in [-0.39, 0.29) is 18.2 Å². The number of ether oxygens (including phenoxy) is 1. The molecule has 0 radical (unpaired) electrons. The Kier molecular flexibility index (Phi) is 8.52. The number of carbonyl (C=O) groups is 2. The molecular weight excluding hydrogens is 210 g/mol. The fourth-order valence-corrected chi connectivity index (χ4v) is 1.14. The van der Waals surface area contributed by atoms with Crippen LogP contribution in [-0.2, 0) is 14.3 Å². The van der Waals surface area contributed by atoms with E-state index < -0.39 is 5.97 Å². The summed E-state index contributed by atoms with van der Waals surface area (Å²) in [5.41, 5.74) is 0. The van der Waals surface area contributed by atoms with E-state index in [2.05, 4.69) is 5.32 Å². The van der Waals surface area contributed by atoms with Gasteiger partial charge in [-0.15, -0.1) is 0 Å². The Hall–Kier alpha value is -1.10. The number of hydrogen-bond donors (Lipinski definition) is 2. The van der Waals surface area contributed by atoms with Gasteiger partial charge in [-0.05, 0) is 12.8 Å². The van der Waals surface area contributed by atoms with Gasteiger partial charge in [0.2, 0.25) is 5.91 Å². The molecule has 0 heterocycles. The second-order valence-electron chi connectivity index (χ2n) is 3.74. The molecule has 1 unspecified atom stereocenters. The monoisotopic (exact) mass is 231 g/mol. The predicted octanol–water partition coefficient (Wildman–Crippen LogP) is 1.03. The summed E-state index contributed by atoms with van der Waals surface area (Å²) in [5.74, 6) is -1.24. The molecule has 5 heteroatoms. The highest BCUT2D eigenvalue weighted by Gasteiger charge is 2.13. The number of carboxylic acids is 1. The summed E-state index contributed by atoms with van der Waals surface area (Å²) in [6.07, 6.45) is 1.36. The molecule has 5 nitrogen and oxygen atoms in total. The van der Waals surface area contributed by atoms with Gasteiger partial charge in [0.1, 0.15) is 0 Å². The van der Waals surface area contributed by atoms with Crippen molar-refractivity contribution in [2.45, 2.75) is 33.1 Å². The van der Waals surface area contributed by atoms with Crippen LogP contribution >= 0.6 is 0 Å². The van der Waals surface area contributed by atoms with Crippen molar-refractivity contribution in [1.82, 2.24) is 5.32 Å². The zero-order valence-corrected chi connectivity index (χ0v) is 9.99. The van der Waals surface area contributed by atoms with Crippen molar-refractivity contribution >= 4 is 11.9 Å². The van der Waals surface area contributed by atoms with Gasteiger partial charge in [-0.25, -0.2) is 0 Å². The average molecular weight is 231 g/mol. The van der Waals surface area contributed by atoms with Crippen LogP contribution < -0.4 is 5.32 Å². The van der Waals surface area contributed by atoms with Gasteiger partial charge in [0.15, 0.2) is 0 Å². The maximum atomic E-state index is 11.4. The lowest BCUT2D eigenvalue weighted by Crippen LogP contribution is -2.32. The zero-order chi connectivity index (χ0) is 12.4. The Balaban J connectivity index is 3.51. The molecule has 0 aliphatic rings. The Morgan fingerprint density at radius 1 is 1.38 bits per heavy atom. The van der Waals surface area contributed by atoms with Gasteiger partial charge in [0, 0.05) is 25.5 Å². The maximum Gasteiger partial charge on any atom is 0.303 e. The highest BCUT2D eigenvalue weighted by Crippen LogP contribution is 2.04. The highest BCUT2D eigenvalue weighted by molar-refractivity contribution is 5.78. The molecule has 0 bridgehead atoms. The van der Waals surface area contributed by atoms with Crippen LogP contribution in [0.15, 0.2) is 0 Å². The first kappa shape index (κ1) is 14.9. The smallest absolute Gasteiger partial charge is 0.303 e. The molecule has 1 amide bonds. The number of aliphatic carboxylic acids is 1. The van der Waals surface area contributed by atoms with E-state index in [4.69, 9.17) is 9.84 Å². The van der Waals surface area contributed by atoms with Gasteiger partial charge in [0.25, 0.3) is 0 Å². The fraction of sp³-hybridized carbons (Fsp3) is 0.818. The molecule has 0 saturated heterocycles. The number of amides is 1. The first-order chi connectivity index (χ1) is 7.57. The number of carboxylic acid groups (broad SMARTS) is 1. The number of hydrogen-bond acceptors (Lipinski definition) is 3. The summed E-state index contributed by atoms with van der Waals surface area (Å²) in [6, 6.07) is 0. The van der Waals surface area contributed by atoms with E-state index in [0.29, 0.717) is 26.2 Å². The predicted molar refractivity (Wildman–Crippen MR) is 60.2 cm³/mol. The largest absolute Gasteiger partial charge is 0.481 e. The van der Waals surface area contributed by atoms with E-state index in [1.807, 2.05) is 6.92 Å². The van der Waals surface area contributed by atoms with Gasteiger partial charge >= 0.3 is 5.97 Å². The zero-order valence-electron chi connectivity index (χ0n) is 9.99. The van der Waals surface area contributed by atoms with Crippen LogP contribution in [0.3, 0.4) is 0 Å². The first-order valence-electron chi connectivity index (χ1n) is 5.65. The second kappa shape index (κ2) is 9.15. The van der Waals surface area contributed by atoms with Gasteiger partial charge in [-0.2, -0.15) is 0 Å². The van der Waals surface area contributed by atoms with Gasteiger partial charge in [-0.1, -0.05) is 13.8 Å². The Bertz CT molecular complexity index is 218. The lowest BCUT2D eigenvalue weighted by Gasteiger charge is -2.10. The SMILES string of the molecule is CCCOCCNC(=O)C(C)CCC(=O)O. The van der Waals surface area contributed by atoms with Crippen LogP contribution in [-0.4, -0.2) is 36.7 Å². The molecule has 2 N–H and O–H groups in total. The summed E-state index contributed by atoms with van der Waals surface area (Å²) >= 11 is 0. The molecule has 0 aromatic rings. The van der Waals surface area contributed by atoms with Crippen molar-refractivity contribution in [3.8, 4) is 0 Å². The molecule has 0 aliphatic carbocycles. The number of nitrogens with one attached hydrogen (secondary N) is 1. The third kappa shape index (κ3) is 8.23. The molecule has 0 aromatic carbocycles. The standard InChI is InChI=1S/C11H21NO4/c1-3-7-16-8-6-12-11(15)9(2)4-5-10(13)14/h9H,3-8H2,1-2H3,(H,12,15)(H,13,14). The summed E-state index contributed by atoms with van der Waals surface area (Å²) in [7, 11) is 0. The summed E-state index contributed by atoms with van der Waals surface area (Å²) in [5, 5.41) is 11.2. The lowest BCUT2D eigenvalue weighted by atomic mass is 10.1. The van der Waals surface area contributed by atoms with E-state index in [0.717, 1.165) is 6.42 Å². The van der Waals surface area contributed by atoms with Crippen molar-refractivity contribution in [3.63, 3.8) is 0 Å². The van der Waals surface area contributed by atoms with Crippen LogP contribution in [0.25, 0.3) is 0 Å². The van der Waals surface area contributed by atoms with E-state index in [9.17, 15) is 9.59 Å². The first-order valence-corrected chi connectivity index (χ1v) is 5.65. The van der Waals surface area contributed by atoms with Gasteiger partial charge in [-0.3, -0.25) is 9.59 Å². The average Bonchev–Trinajstić information content (AvgIpc) is 2.25. The molecule has 16 heavy (non-hydrogen) atoms. The molecule has 1 atom stereocenters. The summed E-state index contributed by atoms with van der Waals surface area (Å²) in [4.78, 5) is 21.7. The van der Waals surface area contributed by atoms with Crippen LogP contribution in [0.4, 0.5) is 0 Å². The van der Waals surface area contributed by atoms with Crippen molar-refractivity contribution in [2.75, 3.05) is 19.8 Å². The van der Waals surface area contributed by atoms with E-state index >= 15 is 0 Å². The summed E-state index contributed by atoms with van der Waals surface area (Å²) in [6.45, 7) is 5.43. The Morgan fingerprint density at radius 2 is 2.06 bits per heavy atom. The third-order valence-electron chi connectivity index (χ3n) is 2.13. The normalized spacial score (nSPS) is 12.1. The quantitative estimate of drug-likeness (QED) is 0.581. The van der Waals surface area contributed by atoms with Gasteiger partial charge < -0.3 is 15.2 Å². The fourth-order valence-electron chi connectivity index (χ4n) is 1.14. The van der Waals surface area contributed by atoms with E-state index in [1.165, 1.54) is 0 Å². The minimum atomic E-state index is -0.870. The number of carbonyl (C=O) groups excluding carboxylic acids is 1. The van der Waals surface area contributed by atoms with Crippen molar-refractivity contribution in [3.05, 3.63) is 0 Å². The third-order valence-corrected chi connectivity index (χ3v) is 2.13. The Morgan fingerprint density at radius 3 is 2.62 bits per heavy atom. The number of rotatable bonds is 9. The van der Waals surface area contributed by atoms with Crippen LogP contribution in [0, 0.1) is 5.92 Å². The van der Waals surface area contributed by atoms with Crippen LogP contribution in [0.2, 0.25) is 0 Å². The molecule has 94 valence electrons. The minimum absolute atomic E-state index is 0.0287. The molecule has 0 aromatic heterocycles. The van der Waals surface area contributed by atoms with Gasteiger partial charge in [0.05, 0.1) is 6.61 Å². The molecular formula is C11H21NO4. The molecule has 0 saturated carbocycles. The summed E-state index contributed by atoms with van der Waals surface area (Å²) < 4.78 is 5.20. The lowest BCUT2D eigenvalue weighted by molar-refractivity contribution is -0.137. The van der Waals surface area contributed by atoms with E-state index in [1.54, 1.807) is 6.92 Å². The highest BCUT2D eigenvalue weighted by atomic mass is 16.5. The minimum Gasteiger partial charge on any atom is -0.481 e. The molecule has 0 fully saturated rings. The molecule has 0 aliphatic heterocycles.